The summed E-state index contributed by atoms with van der Waals surface area (Å²) >= 11 is 0. The Morgan fingerprint density at radius 2 is 1.67 bits per heavy atom. The fraction of sp³-hybridized carbons (Fsp3) is 0.125. The highest BCUT2D eigenvalue weighted by atomic mass is 19.1. The summed E-state index contributed by atoms with van der Waals surface area (Å²) in [6.07, 6.45) is -0.0446. The van der Waals surface area contributed by atoms with Crippen molar-refractivity contribution in [2.24, 2.45) is 0 Å². The van der Waals surface area contributed by atoms with Gasteiger partial charge >= 0.3 is 0 Å². The average molecular weight is 286 g/mol. The number of anilines is 2. The molecule has 2 aromatic rings. The van der Waals surface area contributed by atoms with Crippen molar-refractivity contribution < 1.29 is 14.0 Å². The molecular weight excluding hydrogens is 271 g/mol. The van der Waals surface area contributed by atoms with Crippen molar-refractivity contribution in [1.29, 1.82) is 0 Å². The second kappa shape index (κ2) is 6.65. The molecule has 21 heavy (non-hydrogen) atoms. The van der Waals surface area contributed by atoms with Gasteiger partial charge in [0.15, 0.2) is 0 Å². The molecule has 0 radical (unpaired) electrons. The normalized spacial score (nSPS) is 10.0. The zero-order chi connectivity index (χ0) is 15.2. The Kier molecular flexibility index (Phi) is 4.66. The van der Waals surface area contributed by atoms with Gasteiger partial charge in [-0.3, -0.25) is 9.59 Å². The molecule has 108 valence electrons. The van der Waals surface area contributed by atoms with E-state index < -0.39 is 5.82 Å². The molecule has 0 atom stereocenters. The van der Waals surface area contributed by atoms with E-state index in [0.29, 0.717) is 16.9 Å². The Morgan fingerprint density at radius 3 is 2.33 bits per heavy atom. The summed E-state index contributed by atoms with van der Waals surface area (Å²) in [5.41, 5.74) is 1.47. The van der Waals surface area contributed by atoms with Gasteiger partial charge in [-0.2, -0.15) is 0 Å². The van der Waals surface area contributed by atoms with Crippen molar-refractivity contribution >= 4 is 23.2 Å². The van der Waals surface area contributed by atoms with Crippen molar-refractivity contribution in [3.8, 4) is 0 Å². The van der Waals surface area contributed by atoms with Crippen LogP contribution in [0.5, 0.6) is 0 Å². The Balaban J connectivity index is 2.03. The largest absolute Gasteiger partial charge is 0.326 e. The van der Waals surface area contributed by atoms with Crippen molar-refractivity contribution in [3.05, 3.63) is 59.9 Å². The Morgan fingerprint density at radius 1 is 1.00 bits per heavy atom. The maximum atomic E-state index is 13.5. The van der Waals surface area contributed by atoms with E-state index in [2.05, 4.69) is 10.6 Å². The minimum atomic E-state index is -0.403. The summed E-state index contributed by atoms with van der Waals surface area (Å²) in [4.78, 5) is 22.9. The standard InChI is InChI=1S/C16H15FN2O2/c1-11(20)18-13-6-4-7-14(10-13)19-16(21)9-12-5-2-3-8-15(12)17/h2-8,10H,9H2,1H3,(H,18,20)(H,19,21). The Labute approximate surface area is 122 Å². The molecule has 2 rings (SSSR count). The zero-order valence-corrected chi connectivity index (χ0v) is 11.5. The summed E-state index contributed by atoms with van der Waals surface area (Å²) in [7, 11) is 0. The molecule has 0 aliphatic rings. The number of halogens is 1. The monoisotopic (exact) mass is 286 g/mol. The lowest BCUT2D eigenvalue weighted by Gasteiger charge is -2.08. The van der Waals surface area contributed by atoms with Crippen LogP contribution < -0.4 is 10.6 Å². The van der Waals surface area contributed by atoms with Crippen molar-refractivity contribution in [2.45, 2.75) is 13.3 Å². The lowest BCUT2D eigenvalue weighted by molar-refractivity contribution is -0.116. The molecule has 0 aliphatic heterocycles. The third-order valence-electron chi connectivity index (χ3n) is 2.78. The summed E-state index contributed by atoms with van der Waals surface area (Å²) in [6, 6.07) is 12.9. The van der Waals surface area contributed by atoms with Crippen LogP contribution in [0, 0.1) is 5.82 Å². The number of carbonyl (C=O) groups excluding carboxylic acids is 2. The van der Waals surface area contributed by atoms with Gasteiger partial charge < -0.3 is 10.6 Å². The third-order valence-corrected chi connectivity index (χ3v) is 2.78. The first-order valence-corrected chi connectivity index (χ1v) is 6.45. The van der Waals surface area contributed by atoms with E-state index in [1.807, 2.05) is 0 Å². The lowest BCUT2D eigenvalue weighted by Crippen LogP contribution is -2.15. The highest BCUT2D eigenvalue weighted by Gasteiger charge is 2.08. The number of rotatable bonds is 4. The van der Waals surface area contributed by atoms with Crippen LogP contribution in [-0.2, 0) is 16.0 Å². The quantitative estimate of drug-likeness (QED) is 0.907. The van der Waals surface area contributed by atoms with Gasteiger partial charge in [0.2, 0.25) is 11.8 Å². The number of carbonyl (C=O) groups is 2. The van der Waals surface area contributed by atoms with Gasteiger partial charge in [-0.1, -0.05) is 24.3 Å². The van der Waals surface area contributed by atoms with Crippen LogP contribution in [0.3, 0.4) is 0 Å². The van der Waals surface area contributed by atoms with E-state index in [9.17, 15) is 14.0 Å². The van der Waals surface area contributed by atoms with Crippen molar-refractivity contribution in [3.63, 3.8) is 0 Å². The Bertz CT molecular complexity index is 671. The summed E-state index contributed by atoms with van der Waals surface area (Å²) < 4.78 is 13.5. The number of nitrogens with one attached hydrogen (secondary N) is 2. The third kappa shape index (κ3) is 4.42. The molecule has 4 nitrogen and oxygen atoms in total. The number of benzene rings is 2. The predicted octanol–water partition coefficient (Wildman–Crippen LogP) is 2.97. The average Bonchev–Trinajstić information content (AvgIpc) is 2.41. The maximum absolute atomic E-state index is 13.5. The van der Waals surface area contributed by atoms with E-state index >= 15 is 0 Å². The predicted molar refractivity (Wildman–Crippen MR) is 79.5 cm³/mol. The topological polar surface area (TPSA) is 58.2 Å². The Hall–Kier alpha value is -2.69. The molecule has 0 saturated heterocycles. The molecule has 2 amide bonds. The van der Waals surface area contributed by atoms with Crippen LogP contribution in [0.4, 0.5) is 15.8 Å². The molecule has 2 aromatic carbocycles. The minimum Gasteiger partial charge on any atom is -0.326 e. The van der Waals surface area contributed by atoms with Crippen molar-refractivity contribution in [1.82, 2.24) is 0 Å². The van der Waals surface area contributed by atoms with Gasteiger partial charge in [0, 0.05) is 18.3 Å². The van der Waals surface area contributed by atoms with Crippen LogP contribution in [0.2, 0.25) is 0 Å². The molecule has 0 saturated carbocycles. The SMILES string of the molecule is CC(=O)Nc1cccc(NC(=O)Cc2ccccc2F)c1. The van der Waals surface area contributed by atoms with Gasteiger partial charge in [0.05, 0.1) is 6.42 Å². The molecule has 0 heterocycles. The number of amides is 2. The second-order valence-electron chi connectivity index (χ2n) is 4.58. The molecule has 0 fully saturated rings. The molecule has 0 unspecified atom stereocenters. The van der Waals surface area contributed by atoms with Crippen LogP contribution >= 0.6 is 0 Å². The maximum Gasteiger partial charge on any atom is 0.228 e. The molecule has 0 aromatic heterocycles. The smallest absolute Gasteiger partial charge is 0.228 e. The van der Waals surface area contributed by atoms with Gasteiger partial charge in [-0.15, -0.1) is 0 Å². The highest BCUT2D eigenvalue weighted by molar-refractivity contribution is 5.94. The van der Waals surface area contributed by atoms with Gasteiger partial charge in [0.25, 0.3) is 0 Å². The van der Waals surface area contributed by atoms with Crippen LogP contribution in [-0.4, -0.2) is 11.8 Å². The molecule has 0 aliphatic carbocycles. The van der Waals surface area contributed by atoms with Crippen LogP contribution in [0.1, 0.15) is 12.5 Å². The first kappa shape index (κ1) is 14.7. The van der Waals surface area contributed by atoms with Gasteiger partial charge in [-0.25, -0.2) is 4.39 Å². The fourth-order valence-electron chi connectivity index (χ4n) is 1.90. The van der Waals surface area contributed by atoms with Crippen LogP contribution in [0.25, 0.3) is 0 Å². The van der Waals surface area contributed by atoms with Gasteiger partial charge in [0.1, 0.15) is 5.82 Å². The first-order valence-electron chi connectivity index (χ1n) is 6.45. The molecule has 5 heteroatoms. The molecule has 0 spiro atoms. The summed E-state index contributed by atoms with van der Waals surface area (Å²) in [5.74, 6) is -0.912. The lowest BCUT2D eigenvalue weighted by atomic mass is 10.1. The van der Waals surface area contributed by atoms with Gasteiger partial charge in [-0.05, 0) is 29.8 Å². The summed E-state index contributed by atoms with van der Waals surface area (Å²) in [5, 5.41) is 5.30. The minimum absolute atomic E-state index is 0.0446. The van der Waals surface area contributed by atoms with E-state index in [1.54, 1.807) is 42.5 Å². The van der Waals surface area contributed by atoms with E-state index in [0.717, 1.165) is 0 Å². The fourth-order valence-corrected chi connectivity index (χ4v) is 1.90. The molecular formula is C16H15FN2O2. The van der Waals surface area contributed by atoms with Crippen LogP contribution in [0.15, 0.2) is 48.5 Å². The number of hydrogen-bond donors (Lipinski definition) is 2. The molecule has 2 N–H and O–H groups in total. The molecule has 0 bridgehead atoms. The van der Waals surface area contributed by atoms with E-state index in [4.69, 9.17) is 0 Å². The van der Waals surface area contributed by atoms with E-state index in [-0.39, 0.29) is 18.2 Å². The van der Waals surface area contributed by atoms with E-state index in [1.165, 1.54) is 13.0 Å². The first-order chi connectivity index (χ1) is 10.0. The second-order valence-corrected chi connectivity index (χ2v) is 4.58. The number of hydrogen-bond acceptors (Lipinski definition) is 2. The van der Waals surface area contributed by atoms with Crippen molar-refractivity contribution in [2.75, 3.05) is 10.6 Å². The highest BCUT2D eigenvalue weighted by Crippen LogP contribution is 2.16. The summed E-state index contributed by atoms with van der Waals surface area (Å²) in [6.45, 7) is 1.41. The zero-order valence-electron chi connectivity index (χ0n) is 11.5.